The molecule has 2 rings (SSSR count). The van der Waals surface area contributed by atoms with Crippen molar-refractivity contribution in [2.45, 2.75) is 73.8 Å². The molecule has 2 N–H and O–H groups in total. The number of aromatic nitrogens is 1. The van der Waals surface area contributed by atoms with E-state index in [0.717, 1.165) is 16.5 Å². The predicted molar refractivity (Wildman–Crippen MR) is 109 cm³/mol. The van der Waals surface area contributed by atoms with Crippen LogP contribution in [0.4, 0.5) is 0 Å². The fourth-order valence-corrected chi connectivity index (χ4v) is 1.88. The Labute approximate surface area is 150 Å². The number of nitrogens with zero attached hydrogens (tertiary/aromatic N) is 1. The number of hydrogen-bond donors (Lipinski definition) is 1. The third-order valence-electron chi connectivity index (χ3n) is 2.89. The Morgan fingerprint density at radius 2 is 1.71 bits per heavy atom. The molecule has 3 nitrogen and oxygen atoms in total. The molecule has 0 saturated heterocycles. The third kappa shape index (κ3) is 9.41. The van der Waals surface area contributed by atoms with Crippen LogP contribution in [0.1, 0.15) is 68.3 Å². The molecule has 24 heavy (non-hydrogen) atoms. The Balaban J connectivity index is -0.000000534. The van der Waals surface area contributed by atoms with E-state index in [9.17, 15) is 4.79 Å². The third-order valence-corrected chi connectivity index (χ3v) is 2.89. The van der Waals surface area contributed by atoms with Gasteiger partial charge in [-0.3, -0.25) is 9.78 Å². The van der Waals surface area contributed by atoms with E-state index in [2.05, 4.69) is 18.8 Å². The average Bonchev–Trinajstić information content (AvgIpc) is 2.65. The topological polar surface area (TPSA) is 56.0 Å². The van der Waals surface area contributed by atoms with Gasteiger partial charge in [0.25, 0.3) is 0 Å². The molecule has 1 aromatic heterocycles. The molecule has 0 radical (unpaired) electrons. The maximum Gasteiger partial charge on any atom is 0.149 e. The largest absolute Gasteiger partial charge is 0.321 e. The van der Waals surface area contributed by atoms with Crippen LogP contribution in [0.2, 0.25) is 0 Å². The van der Waals surface area contributed by atoms with Crippen LogP contribution in [-0.2, 0) is 11.2 Å². The van der Waals surface area contributed by atoms with E-state index >= 15 is 0 Å². The van der Waals surface area contributed by atoms with Crippen LogP contribution in [0.25, 0.3) is 10.9 Å². The molecular formula is C21H38N2O. The Kier molecular flexibility index (Phi) is 16.5. The summed E-state index contributed by atoms with van der Waals surface area (Å²) in [4.78, 5) is 15.7. The van der Waals surface area contributed by atoms with Crippen LogP contribution in [0.3, 0.4) is 0 Å². The van der Waals surface area contributed by atoms with E-state index in [1.54, 1.807) is 6.20 Å². The van der Waals surface area contributed by atoms with Gasteiger partial charge in [0.05, 0.1) is 11.6 Å². The molecule has 0 amide bonds. The van der Waals surface area contributed by atoms with Crippen molar-refractivity contribution in [2.24, 2.45) is 5.73 Å². The highest BCUT2D eigenvalue weighted by atomic mass is 16.1. The Hall–Kier alpha value is -1.74. The summed E-state index contributed by atoms with van der Waals surface area (Å²) in [7, 11) is 0. The highest BCUT2D eigenvalue weighted by molar-refractivity contribution is 5.84. The van der Waals surface area contributed by atoms with E-state index in [-0.39, 0.29) is 7.21 Å². The Morgan fingerprint density at radius 3 is 2.25 bits per heavy atom. The van der Waals surface area contributed by atoms with Gasteiger partial charge in [0.1, 0.15) is 5.78 Å². The number of hydrogen-bond acceptors (Lipinski definition) is 3. The number of benzene rings is 1. The van der Waals surface area contributed by atoms with Gasteiger partial charge in [0, 0.05) is 19.4 Å². The van der Waals surface area contributed by atoms with Crippen LogP contribution >= 0.6 is 0 Å². The fraction of sp³-hybridized carbons (Fsp3) is 0.524. The first-order valence-electron chi connectivity index (χ1n) is 9.24. The molecule has 0 aliphatic carbocycles. The van der Waals surface area contributed by atoms with E-state index in [1.165, 1.54) is 6.42 Å². The smallest absolute Gasteiger partial charge is 0.149 e. The quantitative estimate of drug-likeness (QED) is 0.769. The summed E-state index contributed by atoms with van der Waals surface area (Å²) in [6, 6.07) is 9.52. The summed E-state index contributed by atoms with van der Waals surface area (Å²) in [5.41, 5.74) is 7.89. The van der Waals surface area contributed by atoms with Crippen LogP contribution in [0.5, 0.6) is 0 Å². The molecule has 0 fully saturated rings. The zero-order chi connectivity index (χ0) is 19.0. The lowest BCUT2D eigenvalue weighted by molar-refractivity contribution is -0.119. The van der Waals surface area contributed by atoms with Crippen molar-refractivity contribution in [2.75, 3.05) is 0 Å². The molecular weight excluding hydrogens is 296 g/mol. The lowest BCUT2D eigenvalue weighted by Crippen LogP contribution is -2.32. The maximum atomic E-state index is 11.4. The number of carbonyl (C=O) groups excluding carboxylic acids is 1. The maximum absolute atomic E-state index is 11.4. The van der Waals surface area contributed by atoms with Crippen molar-refractivity contribution in [1.82, 2.24) is 4.98 Å². The first-order valence-corrected chi connectivity index (χ1v) is 9.24. The lowest BCUT2D eigenvalue weighted by atomic mass is 10.0. The summed E-state index contributed by atoms with van der Waals surface area (Å²) in [5, 5.41) is 1.08. The van der Waals surface area contributed by atoms with E-state index in [4.69, 9.17) is 5.73 Å². The lowest BCUT2D eigenvalue weighted by Gasteiger charge is -2.09. The van der Waals surface area contributed by atoms with Gasteiger partial charge in [0.15, 0.2) is 0 Å². The first-order chi connectivity index (χ1) is 11.6. The van der Waals surface area contributed by atoms with Gasteiger partial charge in [-0.2, -0.15) is 0 Å². The van der Waals surface area contributed by atoms with Gasteiger partial charge in [-0.1, -0.05) is 67.0 Å². The van der Waals surface area contributed by atoms with Crippen molar-refractivity contribution in [1.29, 1.82) is 0 Å². The Morgan fingerprint density at radius 1 is 1.12 bits per heavy atom. The molecule has 1 unspecified atom stereocenters. The molecule has 1 atom stereocenters. The minimum Gasteiger partial charge on any atom is -0.321 e. The predicted octanol–water partition coefficient (Wildman–Crippen LogP) is 5.80. The van der Waals surface area contributed by atoms with Gasteiger partial charge in [-0.25, -0.2) is 0 Å². The molecule has 0 bridgehead atoms. The molecule has 2 aromatic rings. The fourth-order valence-electron chi connectivity index (χ4n) is 1.88. The molecule has 3 heteroatoms. The molecule has 1 heterocycles. The molecule has 0 saturated carbocycles. The normalized spacial score (nSPS) is 10.2. The van der Waals surface area contributed by atoms with E-state index in [1.807, 2.05) is 65.0 Å². The standard InChI is InChI=1S/C14H16N2O.C3H8.2C2H6.H2/c1-2-14(17)12(15)9-10-5-6-13-11(8-10)4-3-7-16-13;1-3-2;2*1-2;/h3-8,12H,2,9,15H2,1H3;3H2,1-2H3;2*1-2H3;1H. The number of rotatable bonds is 4. The minimum atomic E-state index is -0.394. The van der Waals surface area contributed by atoms with Gasteiger partial charge in [-0.05, 0) is 30.2 Å². The molecule has 138 valence electrons. The molecule has 1 aromatic carbocycles. The van der Waals surface area contributed by atoms with E-state index < -0.39 is 6.04 Å². The highest BCUT2D eigenvalue weighted by Crippen LogP contribution is 2.14. The number of Topliss-reactive ketones (excluding diaryl/α,β-unsaturated/α-hetero) is 1. The van der Waals surface area contributed by atoms with Crippen LogP contribution < -0.4 is 5.73 Å². The number of ketones is 1. The summed E-state index contributed by atoms with van der Waals surface area (Å²) in [6.45, 7) is 14.1. The summed E-state index contributed by atoms with van der Waals surface area (Å²) >= 11 is 0. The number of carbonyl (C=O) groups is 1. The van der Waals surface area contributed by atoms with Gasteiger partial charge < -0.3 is 5.73 Å². The number of nitrogens with two attached hydrogens (primary N) is 1. The van der Waals surface area contributed by atoms with Gasteiger partial charge in [0.2, 0.25) is 0 Å². The van der Waals surface area contributed by atoms with E-state index in [0.29, 0.717) is 12.8 Å². The van der Waals surface area contributed by atoms with Gasteiger partial charge >= 0.3 is 0 Å². The van der Waals surface area contributed by atoms with Crippen molar-refractivity contribution in [3.8, 4) is 0 Å². The SMILES string of the molecule is CC.CC.CCC.CCC(=O)C(N)Cc1ccc2ncccc2c1.[HH]. The van der Waals surface area contributed by atoms with Crippen LogP contribution in [0, 0.1) is 0 Å². The number of fused-ring (bicyclic) bond motifs is 1. The second kappa shape index (κ2) is 16.1. The highest BCUT2D eigenvalue weighted by Gasteiger charge is 2.11. The monoisotopic (exact) mass is 334 g/mol. The van der Waals surface area contributed by atoms with Crippen LogP contribution in [-0.4, -0.2) is 16.8 Å². The summed E-state index contributed by atoms with van der Waals surface area (Å²) in [5.74, 6) is 0.108. The summed E-state index contributed by atoms with van der Waals surface area (Å²) in [6.07, 6.45) is 4.11. The van der Waals surface area contributed by atoms with Crippen molar-refractivity contribution in [3.05, 3.63) is 42.1 Å². The second-order valence-electron chi connectivity index (χ2n) is 4.87. The van der Waals surface area contributed by atoms with Crippen molar-refractivity contribution < 1.29 is 6.22 Å². The van der Waals surface area contributed by atoms with Crippen molar-refractivity contribution >= 4 is 16.7 Å². The minimum absolute atomic E-state index is 0. The van der Waals surface area contributed by atoms with Gasteiger partial charge in [-0.15, -0.1) is 0 Å². The second-order valence-corrected chi connectivity index (χ2v) is 4.87. The zero-order valence-corrected chi connectivity index (χ0v) is 16.6. The Bertz CT molecular complexity index is 558. The number of pyridine rings is 1. The molecule has 0 spiro atoms. The molecule has 0 aliphatic heterocycles. The average molecular weight is 335 g/mol. The zero-order valence-electron chi connectivity index (χ0n) is 16.6. The molecule has 0 aliphatic rings. The first kappa shape index (κ1) is 24.5. The summed E-state index contributed by atoms with van der Waals surface area (Å²) < 4.78 is 0. The van der Waals surface area contributed by atoms with Crippen LogP contribution in [0.15, 0.2) is 36.5 Å². The van der Waals surface area contributed by atoms with Crippen molar-refractivity contribution in [3.63, 3.8) is 0 Å².